The van der Waals surface area contributed by atoms with Crippen molar-refractivity contribution in [2.45, 2.75) is 67.2 Å². The van der Waals surface area contributed by atoms with Gasteiger partial charge in [-0.05, 0) is 143 Å². The van der Waals surface area contributed by atoms with Gasteiger partial charge in [0, 0.05) is 123 Å². The number of rotatable bonds is 17. The molecule has 6 aromatic rings. The van der Waals surface area contributed by atoms with Gasteiger partial charge in [0.1, 0.15) is 29.5 Å². The molecular weight excluding hydrogens is 1080 g/mol. The summed E-state index contributed by atoms with van der Waals surface area (Å²) in [6.45, 7) is 28.5. The van der Waals surface area contributed by atoms with Crippen LogP contribution in [0.2, 0.25) is 0 Å². The SMILES string of the molecule is C=C/C=C(\C=C(/C)c1ccnc(Nc2ccc3[nH]c(C(=O)N4CCN(C)CC4)cc3c2)n1)OC.C=C/C=C(\C=C(/C)c1ccnc(Nc2ccc3[nH]c(C(=O)N4CCN(C)CC4)cc3c2)n1)OCCN1CCCCC1=O.CC.CC1(C)CCNC1=O. The first-order chi connectivity index (χ1) is 41.5. The zero-order valence-corrected chi connectivity index (χ0v) is 51.6. The molecule has 0 spiro atoms. The number of benzene rings is 2. The highest BCUT2D eigenvalue weighted by atomic mass is 16.5. The van der Waals surface area contributed by atoms with Crippen molar-refractivity contribution in [2.24, 2.45) is 5.41 Å². The van der Waals surface area contributed by atoms with E-state index < -0.39 is 0 Å². The number of aromatic nitrogens is 6. The molecule has 5 N–H and O–H groups in total. The minimum atomic E-state index is -0.0972. The monoisotopic (exact) mass is 1170 g/mol. The van der Waals surface area contributed by atoms with Crippen LogP contribution in [0.3, 0.4) is 0 Å². The minimum Gasteiger partial charge on any atom is -0.497 e. The van der Waals surface area contributed by atoms with Crippen LogP contribution in [0, 0.1) is 5.41 Å². The van der Waals surface area contributed by atoms with Crippen molar-refractivity contribution < 1.29 is 28.7 Å². The number of methoxy groups -OCH3 is 1. The summed E-state index contributed by atoms with van der Waals surface area (Å²) in [4.78, 5) is 83.5. The Hall–Kier alpha value is -8.88. The number of allylic oxidation sites excluding steroid dienone is 8. The van der Waals surface area contributed by atoms with E-state index in [1.807, 2.05) is 129 Å². The van der Waals surface area contributed by atoms with Gasteiger partial charge in [-0.25, -0.2) is 19.9 Å². The molecule has 86 heavy (non-hydrogen) atoms. The number of hydrogen-bond acceptors (Lipinski definition) is 14. The van der Waals surface area contributed by atoms with Crippen molar-refractivity contribution in [1.29, 1.82) is 0 Å². The number of aromatic amines is 2. The van der Waals surface area contributed by atoms with Gasteiger partial charge in [0.15, 0.2) is 0 Å². The van der Waals surface area contributed by atoms with Crippen LogP contribution >= 0.6 is 0 Å². The number of likely N-dealkylation sites (N-methyl/N-ethyl adjacent to an activating group) is 2. The number of nitrogens with zero attached hydrogens (tertiary/aromatic N) is 9. The summed E-state index contributed by atoms with van der Waals surface area (Å²) in [6, 6.07) is 19.3. The van der Waals surface area contributed by atoms with Crippen molar-refractivity contribution in [2.75, 3.05) is 110 Å². The molecule has 0 radical (unpaired) electrons. The lowest BCUT2D eigenvalue weighted by Crippen LogP contribution is -2.47. The number of piperazine rings is 2. The van der Waals surface area contributed by atoms with Crippen LogP contribution in [0.1, 0.15) is 99.6 Å². The van der Waals surface area contributed by atoms with Gasteiger partial charge in [-0.1, -0.05) is 53.0 Å². The number of fused-ring (bicyclic) bond motifs is 2. The zero-order chi connectivity index (χ0) is 61.8. The highest BCUT2D eigenvalue weighted by molar-refractivity contribution is 6.00. The first-order valence-corrected chi connectivity index (χ1v) is 29.7. The number of nitrogens with one attached hydrogen (secondary N) is 5. The molecular formula is C66H86N14O6. The molecule has 0 aliphatic carbocycles. The van der Waals surface area contributed by atoms with Gasteiger partial charge in [0.05, 0.1) is 25.0 Å². The molecule has 0 saturated carbocycles. The largest absolute Gasteiger partial charge is 0.497 e. The summed E-state index contributed by atoms with van der Waals surface area (Å²) in [6.07, 6.45) is 17.8. The van der Waals surface area contributed by atoms with E-state index in [0.717, 1.165) is 140 Å². The third kappa shape index (κ3) is 18.1. The lowest BCUT2D eigenvalue weighted by atomic mass is 9.92. The van der Waals surface area contributed by atoms with Crippen LogP contribution in [0.25, 0.3) is 33.0 Å². The van der Waals surface area contributed by atoms with Crippen molar-refractivity contribution in [3.05, 3.63) is 157 Å². The van der Waals surface area contributed by atoms with E-state index in [9.17, 15) is 19.2 Å². The number of carbonyl (C=O) groups is 4. The summed E-state index contributed by atoms with van der Waals surface area (Å²) in [7, 11) is 5.77. The number of carbonyl (C=O) groups excluding carboxylic acids is 4. The lowest BCUT2D eigenvalue weighted by molar-refractivity contribution is -0.133. The Balaban J connectivity index is 0.000000215. The number of ether oxygens (including phenoxy) is 2. The predicted molar refractivity (Wildman–Crippen MR) is 344 cm³/mol. The Morgan fingerprint density at radius 1 is 0.674 bits per heavy atom. The maximum absolute atomic E-state index is 13.0. The van der Waals surface area contributed by atoms with Gasteiger partial charge >= 0.3 is 0 Å². The molecule has 4 aliphatic rings. The van der Waals surface area contributed by atoms with Crippen molar-refractivity contribution in [3.63, 3.8) is 0 Å². The van der Waals surface area contributed by atoms with Crippen LogP contribution < -0.4 is 16.0 Å². The van der Waals surface area contributed by atoms with Crippen molar-refractivity contribution in [3.8, 4) is 0 Å². The lowest BCUT2D eigenvalue weighted by Gasteiger charge is -2.32. The molecule has 8 heterocycles. The molecule has 20 heteroatoms. The number of likely N-dealkylation sites (tertiary alicyclic amines) is 1. The highest BCUT2D eigenvalue weighted by Gasteiger charge is 2.32. The van der Waals surface area contributed by atoms with Gasteiger partial charge in [0.2, 0.25) is 23.7 Å². The Labute approximate surface area is 506 Å². The Morgan fingerprint density at radius 2 is 1.16 bits per heavy atom. The van der Waals surface area contributed by atoms with Crippen LogP contribution in [-0.2, 0) is 19.1 Å². The summed E-state index contributed by atoms with van der Waals surface area (Å²) in [5.41, 5.74) is 7.96. The highest BCUT2D eigenvalue weighted by Crippen LogP contribution is 2.27. The predicted octanol–water partition coefficient (Wildman–Crippen LogP) is 10.4. The van der Waals surface area contributed by atoms with Crippen molar-refractivity contribution >= 4 is 79.9 Å². The van der Waals surface area contributed by atoms with E-state index in [0.29, 0.717) is 54.4 Å². The second-order valence-electron chi connectivity index (χ2n) is 22.0. The van der Waals surface area contributed by atoms with Gasteiger partial charge in [-0.2, -0.15) is 0 Å². The molecule has 20 nitrogen and oxygen atoms in total. The van der Waals surface area contributed by atoms with E-state index in [-0.39, 0.29) is 29.0 Å². The van der Waals surface area contributed by atoms with Crippen LogP contribution in [0.4, 0.5) is 23.3 Å². The van der Waals surface area contributed by atoms with Gasteiger partial charge < -0.3 is 59.9 Å². The quantitative estimate of drug-likeness (QED) is 0.0424. The van der Waals surface area contributed by atoms with Crippen LogP contribution in [0.5, 0.6) is 0 Å². The molecule has 10 rings (SSSR count). The molecule has 0 bridgehead atoms. The Morgan fingerprint density at radius 3 is 1.59 bits per heavy atom. The molecule has 4 amide bonds. The Bertz CT molecular complexity index is 3450. The summed E-state index contributed by atoms with van der Waals surface area (Å²) in [5.74, 6) is 2.75. The minimum absolute atomic E-state index is 0.0287. The van der Waals surface area contributed by atoms with E-state index >= 15 is 0 Å². The number of amides is 4. The fourth-order valence-electron chi connectivity index (χ4n) is 9.88. The average molecular weight is 1170 g/mol. The summed E-state index contributed by atoms with van der Waals surface area (Å²) in [5, 5.41) is 11.2. The fraction of sp³-hybridized carbons (Fsp3) is 0.394. The topological polar surface area (TPSA) is 222 Å². The Kier molecular flexibility index (Phi) is 23.6. The second kappa shape index (κ2) is 31.3. The first kappa shape index (κ1) is 64.7. The molecule has 4 fully saturated rings. The number of hydrogen-bond donors (Lipinski definition) is 5. The molecule has 4 aromatic heterocycles. The normalized spacial score (nSPS) is 16.9. The smallest absolute Gasteiger partial charge is 0.270 e. The van der Waals surface area contributed by atoms with Crippen LogP contribution in [-0.4, -0.2) is 178 Å². The van der Waals surface area contributed by atoms with E-state index in [1.54, 1.807) is 43.8 Å². The number of piperidine rings is 1. The molecule has 4 aliphatic heterocycles. The van der Waals surface area contributed by atoms with Gasteiger partial charge in [0.25, 0.3) is 11.8 Å². The third-order valence-corrected chi connectivity index (χ3v) is 15.1. The molecule has 4 saturated heterocycles. The van der Waals surface area contributed by atoms with E-state index in [2.05, 4.69) is 77.9 Å². The third-order valence-electron chi connectivity index (χ3n) is 15.1. The summed E-state index contributed by atoms with van der Waals surface area (Å²) >= 11 is 0. The standard InChI is InChI=1S/C32H39N7O3.C26H30N6O2.C6H11NO.C2H6/c1-4-7-26(42-19-18-38-13-6-5-8-30(38)40)20-23(2)27-11-12-33-32(36-27)34-25-9-10-28-24(21-25)22-29(35-28)31(41)39-16-14-37(3)15-17-39;1-5-6-21(34-4)15-18(2)22-9-10-27-26(30-22)28-20-7-8-23-19(16-20)17-24(29-23)25(33)32-13-11-31(3)12-14-32;1-6(2)3-4-7-5(6)8;1-2/h4,7,9-12,20-22,35H,1,5-6,8,13-19H2,2-3H3,(H,33,34,36);5-10,15-17,29H,1,11-14H2,2-4H3,(H,27,28,30);3-4H2,1-2H3,(H,7,8);1-2H3/b23-20+,26-7+;18-15+,21-6+;;. The maximum atomic E-state index is 13.0. The maximum Gasteiger partial charge on any atom is 0.270 e. The van der Waals surface area contributed by atoms with Crippen molar-refractivity contribution in [1.82, 2.24) is 59.7 Å². The first-order valence-electron chi connectivity index (χ1n) is 29.7. The molecule has 0 atom stereocenters. The number of H-pyrrole nitrogens is 2. The fourth-order valence-corrected chi connectivity index (χ4v) is 9.88. The van der Waals surface area contributed by atoms with Gasteiger partial charge in [-0.15, -0.1) is 0 Å². The second-order valence-corrected chi connectivity index (χ2v) is 22.0. The summed E-state index contributed by atoms with van der Waals surface area (Å²) < 4.78 is 11.3. The number of anilines is 4. The van der Waals surface area contributed by atoms with E-state index in [1.165, 1.54) is 0 Å². The molecule has 456 valence electrons. The van der Waals surface area contributed by atoms with E-state index in [4.69, 9.17) is 14.5 Å². The molecule has 2 aromatic carbocycles. The molecule has 0 unspecified atom stereocenters. The van der Waals surface area contributed by atoms with Gasteiger partial charge in [-0.3, -0.25) is 19.2 Å². The van der Waals surface area contributed by atoms with Crippen LogP contribution in [0.15, 0.2) is 134 Å². The average Bonchev–Trinajstić information content (AvgIpc) is 2.46. The zero-order valence-electron chi connectivity index (χ0n) is 51.6.